The number of rotatable bonds is 5. The molecule has 0 spiro atoms. The van der Waals surface area contributed by atoms with Crippen molar-refractivity contribution in [2.75, 3.05) is 33.3 Å². The maximum Gasteiger partial charge on any atom is 0.133 e. The predicted molar refractivity (Wildman–Crippen MR) is 90.0 cm³/mol. The Bertz CT molecular complexity index is 593. The van der Waals surface area contributed by atoms with Gasteiger partial charge < -0.3 is 9.15 Å². The summed E-state index contributed by atoms with van der Waals surface area (Å²) in [5.74, 6) is 1.93. The molecule has 3 rings (SSSR count). The van der Waals surface area contributed by atoms with Crippen LogP contribution in [0.15, 0.2) is 45.5 Å². The molecular formula is C17H21BrN2O2. The zero-order valence-corrected chi connectivity index (χ0v) is 14.4. The molecule has 0 atom stereocenters. The maximum absolute atomic E-state index is 5.42. The molecule has 0 bridgehead atoms. The summed E-state index contributed by atoms with van der Waals surface area (Å²) in [6.45, 7) is 6.23. The van der Waals surface area contributed by atoms with Gasteiger partial charge >= 0.3 is 0 Å². The molecule has 0 amide bonds. The molecule has 2 aromatic rings. The maximum atomic E-state index is 5.42. The third kappa shape index (κ3) is 3.91. The average molecular weight is 365 g/mol. The molecule has 2 heterocycles. The lowest BCUT2D eigenvalue weighted by Gasteiger charge is -2.34. The van der Waals surface area contributed by atoms with E-state index in [-0.39, 0.29) is 0 Å². The van der Waals surface area contributed by atoms with Crippen molar-refractivity contribution in [3.05, 3.63) is 52.4 Å². The van der Waals surface area contributed by atoms with Crippen LogP contribution in [0.2, 0.25) is 0 Å². The van der Waals surface area contributed by atoms with Crippen LogP contribution in [0.5, 0.6) is 5.75 Å². The number of hydrogen-bond acceptors (Lipinski definition) is 4. The third-order valence-electron chi connectivity index (χ3n) is 4.05. The van der Waals surface area contributed by atoms with Crippen molar-refractivity contribution in [3.63, 3.8) is 0 Å². The number of ether oxygens (including phenoxy) is 1. The number of piperazine rings is 1. The van der Waals surface area contributed by atoms with E-state index < -0.39 is 0 Å². The fraction of sp³-hybridized carbons (Fsp3) is 0.412. The van der Waals surface area contributed by atoms with E-state index in [2.05, 4.69) is 37.9 Å². The summed E-state index contributed by atoms with van der Waals surface area (Å²) in [4.78, 5) is 4.94. The van der Waals surface area contributed by atoms with Crippen molar-refractivity contribution >= 4 is 15.9 Å². The monoisotopic (exact) mass is 364 g/mol. The second kappa shape index (κ2) is 7.31. The highest BCUT2D eigenvalue weighted by atomic mass is 79.9. The van der Waals surface area contributed by atoms with E-state index in [9.17, 15) is 0 Å². The fourth-order valence-electron chi connectivity index (χ4n) is 2.79. The van der Waals surface area contributed by atoms with E-state index in [0.29, 0.717) is 0 Å². The van der Waals surface area contributed by atoms with Gasteiger partial charge in [-0.1, -0.05) is 6.07 Å². The van der Waals surface area contributed by atoms with Gasteiger partial charge in [0.15, 0.2) is 0 Å². The van der Waals surface area contributed by atoms with Crippen molar-refractivity contribution in [2.45, 2.75) is 13.1 Å². The lowest BCUT2D eigenvalue weighted by Crippen LogP contribution is -2.45. The molecule has 1 aromatic heterocycles. The number of benzene rings is 1. The Morgan fingerprint density at radius 2 is 1.82 bits per heavy atom. The van der Waals surface area contributed by atoms with Gasteiger partial charge in [0.1, 0.15) is 11.5 Å². The molecule has 1 fully saturated rings. The van der Waals surface area contributed by atoms with Gasteiger partial charge in [0.25, 0.3) is 0 Å². The zero-order chi connectivity index (χ0) is 15.4. The summed E-state index contributed by atoms with van der Waals surface area (Å²) in [6, 6.07) is 10.3. The molecule has 1 saturated heterocycles. The Hall–Kier alpha value is -1.30. The standard InChI is InChI=1S/C17H21BrN2O2/c1-21-17-5-4-14(11-16(17)18)12-19-6-8-20(9-7-19)13-15-3-2-10-22-15/h2-5,10-11H,6-9,12-13H2,1H3. The number of furan rings is 1. The molecule has 118 valence electrons. The molecule has 0 unspecified atom stereocenters. The molecule has 22 heavy (non-hydrogen) atoms. The first-order chi connectivity index (χ1) is 10.7. The lowest BCUT2D eigenvalue weighted by atomic mass is 10.2. The summed E-state index contributed by atoms with van der Waals surface area (Å²) in [7, 11) is 1.69. The molecule has 0 aliphatic carbocycles. The summed E-state index contributed by atoms with van der Waals surface area (Å²) in [5.41, 5.74) is 1.31. The van der Waals surface area contributed by atoms with Crippen molar-refractivity contribution in [1.29, 1.82) is 0 Å². The topological polar surface area (TPSA) is 28.9 Å². The first kappa shape index (κ1) is 15.6. The van der Waals surface area contributed by atoms with Crippen LogP contribution in [0.3, 0.4) is 0 Å². The van der Waals surface area contributed by atoms with Crippen LogP contribution in [0.4, 0.5) is 0 Å². The van der Waals surface area contributed by atoms with Crippen LogP contribution < -0.4 is 4.74 Å². The largest absolute Gasteiger partial charge is 0.496 e. The van der Waals surface area contributed by atoms with Gasteiger partial charge in [0, 0.05) is 32.7 Å². The first-order valence-electron chi connectivity index (χ1n) is 7.54. The number of methoxy groups -OCH3 is 1. The molecule has 1 aliphatic heterocycles. The minimum Gasteiger partial charge on any atom is -0.496 e. The van der Waals surface area contributed by atoms with E-state index in [0.717, 1.165) is 55.3 Å². The molecule has 0 N–H and O–H groups in total. The highest BCUT2D eigenvalue weighted by Gasteiger charge is 2.18. The van der Waals surface area contributed by atoms with E-state index in [4.69, 9.17) is 9.15 Å². The van der Waals surface area contributed by atoms with Crippen molar-refractivity contribution in [1.82, 2.24) is 9.80 Å². The van der Waals surface area contributed by atoms with E-state index >= 15 is 0 Å². The van der Waals surface area contributed by atoms with Gasteiger partial charge in [-0.15, -0.1) is 0 Å². The Labute approximate surface area is 139 Å². The quantitative estimate of drug-likeness (QED) is 0.813. The van der Waals surface area contributed by atoms with Gasteiger partial charge in [-0.2, -0.15) is 0 Å². The average Bonchev–Trinajstić information content (AvgIpc) is 3.02. The van der Waals surface area contributed by atoms with Gasteiger partial charge in [0.2, 0.25) is 0 Å². The SMILES string of the molecule is COc1ccc(CN2CCN(Cc3ccco3)CC2)cc1Br. The third-order valence-corrected chi connectivity index (χ3v) is 4.67. The molecule has 1 aliphatic rings. The van der Waals surface area contributed by atoms with Gasteiger partial charge in [0.05, 0.1) is 24.4 Å². The second-order valence-corrected chi connectivity index (χ2v) is 6.45. The first-order valence-corrected chi connectivity index (χ1v) is 8.33. The minimum atomic E-state index is 0.881. The Morgan fingerprint density at radius 3 is 2.41 bits per heavy atom. The highest BCUT2D eigenvalue weighted by Crippen LogP contribution is 2.26. The predicted octanol–water partition coefficient (Wildman–Crippen LogP) is 3.37. The molecule has 5 heteroatoms. The molecule has 0 saturated carbocycles. The summed E-state index contributed by atoms with van der Waals surface area (Å²) in [5, 5.41) is 0. The fourth-order valence-corrected chi connectivity index (χ4v) is 3.38. The van der Waals surface area contributed by atoms with Gasteiger partial charge in [-0.3, -0.25) is 9.80 Å². The van der Waals surface area contributed by atoms with Crippen LogP contribution >= 0.6 is 15.9 Å². The van der Waals surface area contributed by atoms with Crippen LogP contribution in [0.1, 0.15) is 11.3 Å². The Kier molecular flexibility index (Phi) is 5.18. The summed E-state index contributed by atoms with van der Waals surface area (Å²) < 4.78 is 11.7. The van der Waals surface area contributed by atoms with Crippen LogP contribution in [0.25, 0.3) is 0 Å². The Balaban J connectivity index is 1.50. The minimum absolute atomic E-state index is 0.881. The normalized spacial score (nSPS) is 16.8. The van der Waals surface area contributed by atoms with Crippen LogP contribution in [-0.4, -0.2) is 43.1 Å². The van der Waals surface area contributed by atoms with E-state index in [1.165, 1.54) is 5.56 Å². The zero-order valence-electron chi connectivity index (χ0n) is 12.8. The molecule has 0 radical (unpaired) electrons. The molecule has 4 nitrogen and oxygen atoms in total. The van der Waals surface area contributed by atoms with Crippen molar-refractivity contribution < 1.29 is 9.15 Å². The Morgan fingerprint density at radius 1 is 1.09 bits per heavy atom. The van der Waals surface area contributed by atoms with Crippen molar-refractivity contribution in [2.24, 2.45) is 0 Å². The summed E-state index contributed by atoms with van der Waals surface area (Å²) in [6.07, 6.45) is 1.74. The molecule has 1 aromatic carbocycles. The van der Waals surface area contributed by atoms with Crippen LogP contribution in [-0.2, 0) is 13.1 Å². The van der Waals surface area contributed by atoms with Gasteiger partial charge in [-0.25, -0.2) is 0 Å². The second-order valence-electron chi connectivity index (χ2n) is 5.60. The number of halogens is 1. The lowest BCUT2D eigenvalue weighted by molar-refractivity contribution is 0.116. The number of hydrogen-bond donors (Lipinski definition) is 0. The van der Waals surface area contributed by atoms with Crippen LogP contribution in [0, 0.1) is 0 Å². The van der Waals surface area contributed by atoms with E-state index in [1.54, 1.807) is 13.4 Å². The smallest absolute Gasteiger partial charge is 0.133 e. The highest BCUT2D eigenvalue weighted by molar-refractivity contribution is 9.10. The summed E-state index contributed by atoms with van der Waals surface area (Å²) >= 11 is 3.55. The number of nitrogens with zero attached hydrogens (tertiary/aromatic N) is 2. The van der Waals surface area contributed by atoms with Crippen molar-refractivity contribution in [3.8, 4) is 5.75 Å². The van der Waals surface area contributed by atoms with E-state index in [1.807, 2.05) is 18.2 Å². The van der Waals surface area contributed by atoms with Gasteiger partial charge in [-0.05, 0) is 45.8 Å². The molecular weight excluding hydrogens is 344 g/mol.